The molecule has 0 fully saturated rings. The number of halogens is 1. The molecule has 0 saturated carbocycles. The molecule has 2 aromatic rings. The average Bonchev–Trinajstić information content (AvgIpc) is 3.00. The second-order valence-corrected chi connectivity index (χ2v) is 7.08. The molecular weight excluding hydrogens is 315 g/mol. The van der Waals surface area contributed by atoms with Gasteiger partial charge in [0, 0.05) is 11.3 Å². The summed E-state index contributed by atoms with van der Waals surface area (Å²) in [6, 6.07) is 16.7. The molecule has 22 heavy (non-hydrogen) atoms. The topological polar surface area (TPSA) is 36.1 Å². The summed E-state index contributed by atoms with van der Waals surface area (Å²) in [4.78, 5) is 4.57. The molecule has 0 aromatic heterocycles. The number of benzene rings is 2. The second-order valence-electron chi connectivity index (χ2n) is 4.94. The number of aliphatic imine (C=N–C) groups is 1. The molecule has 2 aromatic carbocycles. The van der Waals surface area contributed by atoms with Crippen molar-refractivity contribution in [3.05, 3.63) is 71.5 Å². The maximum Gasteiger partial charge on any atom is 0.133 e. The van der Waals surface area contributed by atoms with Crippen LogP contribution < -0.4 is 0 Å². The van der Waals surface area contributed by atoms with Crippen LogP contribution in [0.15, 0.2) is 59.6 Å². The first-order chi connectivity index (χ1) is 10.7. The number of thioether (sulfide) groups is 2. The Morgan fingerprint density at radius 3 is 2.64 bits per heavy atom. The largest absolute Gasteiger partial charge is 0.276 e. The molecule has 3 rings (SSSR count). The van der Waals surface area contributed by atoms with Crippen LogP contribution in [-0.4, -0.2) is 17.3 Å². The van der Waals surface area contributed by atoms with E-state index < -0.39 is 0 Å². The maximum atomic E-state index is 14.0. The van der Waals surface area contributed by atoms with Crippen LogP contribution in [0.4, 0.5) is 4.39 Å². The lowest BCUT2D eigenvalue weighted by Crippen LogP contribution is -2.26. The molecule has 0 radical (unpaired) electrons. The van der Waals surface area contributed by atoms with E-state index in [4.69, 9.17) is 5.26 Å². The Bertz CT molecular complexity index is 740. The van der Waals surface area contributed by atoms with Crippen molar-refractivity contribution in [3.8, 4) is 5.40 Å². The van der Waals surface area contributed by atoms with Crippen LogP contribution >= 0.6 is 23.5 Å². The fourth-order valence-corrected chi connectivity index (χ4v) is 4.55. The summed E-state index contributed by atoms with van der Waals surface area (Å²) in [5, 5.41) is 11.8. The van der Waals surface area contributed by atoms with E-state index in [-0.39, 0.29) is 10.6 Å². The highest BCUT2D eigenvalue weighted by molar-refractivity contribution is 8.16. The lowest BCUT2D eigenvalue weighted by Gasteiger charge is -2.26. The summed E-state index contributed by atoms with van der Waals surface area (Å²) >= 11 is 2.77. The molecule has 1 atom stereocenters. The lowest BCUT2D eigenvalue weighted by atomic mass is 10.0. The van der Waals surface area contributed by atoms with Gasteiger partial charge in [-0.3, -0.25) is 4.99 Å². The van der Waals surface area contributed by atoms with Crippen LogP contribution in [0.3, 0.4) is 0 Å². The Balaban J connectivity index is 1.93. The van der Waals surface area contributed by atoms with Crippen molar-refractivity contribution in [1.29, 1.82) is 5.26 Å². The van der Waals surface area contributed by atoms with Crippen molar-refractivity contribution in [2.75, 3.05) is 12.3 Å². The smallest absolute Gasteiger partial charge is 0.133 e. The van der Waals surface area contributed by atoms with Crippen LogP contribution in [0.25, 0.3) is 0 Å². The van der Waals surface area contributed by atoms with E-state index in [9.17, 15) is 4.39 Å². The van der Waals surface area contributed by atoms with Gasteiger partial charge in [0.15, 0.2) is 0 Å². The van der Waals surface area contributed by atoms with E-state index in [1.54, 1.807) is 23.9 Å². The molecule has 2 nitrogen and oxygen atoms in total. The Hall–Kier alpha value is -1.77. The number of hydrogen-bond donors (Lipinski definition) is 0. The van der Waals surface area contributed by atoms with Crippen LogP contribution in [-0.2, 0) is 4.75 Å². The molecule has 0 saturated heterocycles. The molecule has 110 valence electrons. The molecule has 0 amide bonds. The van der Waals surface area contributed by atoms with E-state index in [1.165, 1.54) is 17.8 Å². The maximum absolute atomic E-state index is 14.0. The van der Waals surface area contributed by atoms with Gasteiger partial charge in [0.1, 0.15) is 16.3 Å². The first kappa shape index (κ1) is 15.1. The van der Waals surface area contributed by atoms with Gasteiger partial charge < -0.3 is 0 Å². The third kappa shape index (κ3) is 2.90. The van der Waals surface area contributed by atoms with Gasteiger partial charge in [-0.05, 0) is 29.5 Å². The van der Waals surface area contributed by atoms with Gasteiger partial charge in [0.2, 0.25) is 0 Å². The number of rotatable bonds is 4. The average molecular weight is 328 g/mol. The fraction of sp³-hybridized carbons (Fsp3) is 0.176. The Morgan fingerprint density at radius 1 is 1.18 bits per heavy atom. The minimum atomic E-state index is -0.306. The summed E-state index contributed by atoms with van der Waals surface area (Å²) in [6.45, 7) is 0.556. The number of nitriles is 1. The number of thiocyanates is 1. The second kappa shape index (κ2) is 6.55. The minimum absolute atomic E-state index is 0.259. The summed E-state index contributed by atoms with van der Waals surface area (Å²) in [6.07, 6.45) is 0. The van der Waals surface area contributed by atoms with Crippen molar-refractivity contribution in [1.82, 2.24) is 0 Å². The predicted molar refractivity (Wildman–Crippen MR) is 91.6 cm³/mol. The predicted octanol–water partition coefficient (Wildman–Crippen LogP) is 4.43. The van der Waals surface area contributed by atoms with Crippen LogP contribution in [0.1, 0.15) is 11.1 Å². The summed E-state index contributed by atoms with van der Waals surface area (Å²) in [5.74, 6) is 0.366. The third-order valence-corrected chi connectivity index (χ3v) is 5.94. The van der Waals surface area contributed by atoms with E-state index >= 15 is 0 Å². The lowest BCUT2D eigenvalue weighted by molar-refractivity contribution is 0.625. The monoisotopic (exact) mass is 328 g/mol. The van der Waals surface area contributed by atoms with E-state index in [0.29, 0.717) is 22.9 Å². The number of hydrogen-bond acceptors (Lipinski definition) is 4. The fourth-order valence-electron chi connectivity index (χ4n) is 2.42. The van der Waals surface area contributed by atoms with Crippen molar-refractivity contribution in [2.45, 2.75) is 4.75 Å². The molecular formula is C17H13FN2S2. The van der Waals surface area contributed by atoms with E-state index in [1.807, 2.05) is 36.4 Å². The SMILES string of the molecule is N#CSCC1(c2ccccc2)CN=C(c2ccccc2F)S1. The van der Waals surface area contributed by atoms with Crippen LogP contribution in [0.2, 0.25) is 0 Å². The van der Waals surface area contributed by atoms with Crippen molar-refractivity contribution in [2.24, 2.45) is 4.99 Å². The zero-order chi connectivity index (χ0) is 15.4. The normalized spacial score (nSPS) is 20.5. The molecule has 1 unspecified atom stereocenters. The van der Waals surface area contributed by atoms with Gasteiger partial charge in [0.25, 0.3) is 0 Å². The summed E-state index contributed by atoms with van der Waals surface area (Å²) in [5.41, 5.74) is 1.66. The number of nitrogens with zero attached hydrogens (tertiary/aromatic N) is 2. The van der Waals surface area contributed by atoms with Crippen LogP contribution in [0, 0.1) is 16.5 Å². The molecule has 1 aliphatic heterocycles. The molecule has 0 aliphatic carbocycles. The molecule has 0 bridgehead atoms. The highest BCUT2D eigenvalue weighted by atomic mass is 32.2. The quantitative estimate of drug-likeness (QED) is 0.779. The summed E-state index contributed by atoms with van der Waals surface area (Å²) in [7, 11) is 0. The van der Waals surface area contributed by atoms with Gasteiger partial charge in [-0.25, -0.2) is 4.39 Å². The third-order valence-electron chi connectivity index (χ3n) is 3.54. The van der Waals surface area contributed by atoms with Gasteiger partial charge in [0.05, 0.1) is 11.3 Å². The molecule has 0 spiro atoms. The highest BCUT2D eigenvalue weighted by Gasteiger charge is 2.39. The Labute approximate surface area is 137 Å². The first-order valence-corrected chi connectivity index (χ1v) is 8.60. The summed E-state index contributed by atoms with van der Waals surface area (Å²) < 4.78 is 13.7. The van der Waals surface area contributed by atoms with Crippen molar-refractivity contribution >= 4 is 28.6 Å². The van der Waals surface area contributed by atoms with Crippen LogP contribution in [0.5, 0.6) is 0 Å². The minimum Gasteiger partial charge on any atom is -0.276 e. The standard InChI is InChI=1S/C17H13FN2S2/c18-15-9-5-4-8-14(15)16-20-10-17(22-16,11-21-12-19)13-6-2-1-3-7-13/h1-9H,10-11H2. The van der Waals surface area contributed by atoms with Crippen molar-refractivity contribution < 1.29 is 4.39 Å². The van der Waals surface area contributed by atoms with Gasteiger partial charge in [-0.1, -0.05) is 54.2 Å². The zero-order valence-electron chi connectivity index (χ0n) is 11.7. The Morgan fingerprint density at radius 2 is 1.91 bits per heavy atom. The van der Waals surface area contributed by atoms with E-state index in [0.717, 1.165) is 5.56 Å². The van der Waals surface area contributed by atoms with Gasteiger partial charge in [-0.2, -0.15) is 5.26 Å². The zero-order valence-corrected chi connectivity index (χ0v) is 13.3. The Kier molecular flexibility index (Phi) is 4.51. The highest BCUT2D eigenvalue weighted by Crippen LogP contribution is 2.46. The first-order valence-electron chi connectivity index (χ1n) is 6.80. The van der Waals surface area contributed by atoms with Crippen molar-refractivity contribution in [3.63, 3.8) is 0 Å². The molecule has 5 heteroatoms. The molecule has 0 N–H and O–H groups in total. The molecule has 1 heterocycles. The molecule has 1 aliphatic rings. The van der Waals surface area contributed by atoms with Gasteiger partial charge >= 0.3 is 0 Å². The van der Waals surface area contributed by atoms with E-state index in [2.05, 4.69) is 10.4 Å². The van der Waals surface area contributed by atoms with Gasteiger partial charge in [-0.15, -0.1) is 0 Å².